The minimum absolute atomic E-state index is 0.00720. The number of amidine groups is 1. The van der Waals surface area contributed by atoms with Crippen LogP contribution in [0, 0.1) is 0 Å². The molecular formula is C11H12BrN3O. The summed E-state index contributed by atoms with van der Waals surface area (Å²) in [5, 5.41) is 0. The van der Waals surface area contributed by atoms with Crippen molar-refractivity contribution in [2.24, 2.45) is 4.99 Å². The Kier molecular flexibility index (Phi) is 2.58. The highest BCUT2D eigenvalue weighted by molar-refractivity contribution is 9.10. The van der Waals surface area contributed by atoms with Gasteiger partial charge in [0.2, 0.25) is 0 Å². The van der Waals surface area contributed by atoms with E-state index >= 15 is 0 Å². The van der Waals surface area contributed by atoms with Crippen molar-refractivity contribution in [3.05, 3.63) is 28.5 Å². The van der Waals surface area contributed by atoms with Gasteiger partial charge in [-0.25, -0.2) is 4.99 Å². The van der Waals surface area contributed by atoms with Crippen molar-refractivity contribution >= 4 is 27.7 Å². The van der Waals surface area contributed by atoms with Crippen LogP contribution in [-0.4, -0.2) is 34.2 Å². The average molecular weight is 282 g/mol. The van der Waals surface area contributed by atoms with E-state index in [4.69, 9.17) is 0 Å². The summed E-state index contributed by atoms with van der Waals surface area (Å²) in [5.74, 6) is 0.620. The highest BCUT2D eigenvalue weighted by atomic mass is 79.9. The van der Waals surface area contributed by atoms with Gasteiger partial charge in [-0.1, -0.05) is 0 Å². The number of hydrogen-bond donors (Lipinski definition) is 0. The van der Waals surface area contributed by atoms with E-state index < -0.39 is 5.54 Å². The number of pyridine rings is 1. The maximum Gasteiger partial charge on any atom is 0.255 e. The Morgan fingerprint density at radius 2 is 2.06 bits per heavy atom. The summed E-state index contributed by atoms with van der Waals surface area (Å²) in [4.78, 5) is 22.0. The van der Waals surface area contributed by atoms with E-state index in [-0.39, 0.29) is 5.91 Å². The Bertz CT molecular complexity index is 465. The third kappa shape index (κ3) is 1.75. The molecule has 0 aliphatic carbocycles. The van der Waals surface area contributed by atoms with Crippen LogP contribution in [0.4, 0.5) is 0 Å². The van der Waals surface area contributed by atoms with Crippen LogP contribution in [0.25, 0.3) is 0 Å². The number of carbonyl (C=O) groups excluding carboxylic acids is 1. The second-order valence-corrected chi connectivity index (χ2v) is 5.14. The van der Waals surface area contributed by atoms with Gasteiger partial charge in [0.05, 0.1) is 0 Å². The molecule has 1 aliphatic heterocycles. The molecular weight excluding hydrogens is 270 g/mol. The van der Waals surface area contributed by atoms with Gasteiger partial charge in [-0.2, -0.15) is 0 Å². The first kappa shape index (κ1) is 11.3. The first-order chi connectivity index (χ1) is 7.42. The lowest BCUT2D eigenvalue weighted by Crippen LogP contribution is -2.36. The number of carbonyl (C=O) groups is 1. The zero-order valence-corrected chi connectivity index (χ0v) is 10.9. The highest BCUT2D eigenvalue weighted by Crippen LogP contribution is 2.23. The molecule has 1 aromatic heterocycles. The molecule has 0 unspecified atom stereocenters. The van der Waals surface area contributed by atoms with Gasteiger partial charge in [0.25, 0.3) is 5.91 Å². The van der Waals surface area contributed by atoms with Gasteiger partial charge in [0.15, 0.2) is 5.84 Å². The average Bonchev–Trinajstić information content (AvgIpc) is 2.44. The molecule has 84 valence electrons. The SMILES string of the molecule is CN1C(=O)C(C)(C)N=C1c1ccc(Br)cn1. The third-order valence-corrected chi connectivity index (χ3v) is 2.96. The second kappa shape index (κ2) is 3.66. The van der Waals surface area contributed by atoms with Gasteiger partial charge in [0, 0.05) is 17.7 Å². The fourth-order valence-corrected chi connectivity index (χ4v) is 1.87. The number of amides is 1. The summed E-state index contributed by atoms with van der Waals surface area (Å²) in [6.45, 7) is 3.61. The van der Waals surface area contributed by atoms with Crippen LogP contribution in [0.15, 0.2) is 27.8 Å². The van der Waals surface area contributed by atoms with Crippen LogP contribution in [0.5, 0.6) is 0 Å². The summed E-state index contributed by atoms with van der Waals surface area (Å²) in [5.41, 5.74) is 0.0309. The van der Waals surface area contributed by atoms with Gasteiger partial charge in [-0.3, -0.25) is 14.7 Å². The lowest BCUT2D eigenvalue weighted by Gasteiger charge is -2.14. The summed E-state index contributed by atoms with van der Waals surface area (Å²) < 4.78 is 0.906. The molecule has 2 heterocycles. The molecule has 0 fully saturated rings. The summed E-state index contributed by atoms with van der Waals surface area (Å²) in [6.07, 6.45) is 1.70. The van der Waals surface area contributed by atoms with E-state index in [1.54, 1.807) is 32.0 Å². The summed E-state index contributed by atoms with van der Waals surface area (Å²) in [7, 11) is 1.72. The lowest BCUT2D eigenvalue weighted by molar-refractivity contribution is -0.129. The molecule has 0 saturated carbocycles. The molecule has 2 rings (SSSR count). The maximum absolute atomic E-state index is 11.9. The lowest BCUT2D eigenvalue weighted by atomic mass is 10.1. The zero-order chi connectivity index (χ0) is 11.9. The number of rotatable bonds is 1. The molecule has 0 aromatic carbocycles. The molecule has 1 amide bonds. The van der Waals surface area contributed by atoms with E-state index in [0.717, 1.165) is 4.47 Å². The van der Waals surface area contributed by atoms with E-state index in [1.807, 2.05) is 12.1 Å². The molecule has 5 heteroatoms. The molecule has 0 atom stereocenters. The van der Waals surface area contributed by atoms with Crippen LogP contribution in [0.2, 0.25) is 0 Å². The third-order valence-electron chi connectivity index (χ3n) is 2.49. The topological polar surface area (TPSA) is 45.6 Å². The fourth-order valence-electron chi connectivity index (χ4n) is 1.63. The van der Waals surface area contributed by atoms with Crippen LogP contribution in [0.3, 0.4) is 0 Å². The molecule has 1 aromatic rings. The van der Waals surface area contributed by atoms with Gasteiger partial charge in [0.1, 0.15) is 11.2 Å². The quantitative estimate of drug-likeness (QED) is 0.789. The Hall–Kier alpha value is -1.23. The smallest absolute Gasteiger partial charge is 0.255 e. The number of halogens is 1. The van der Waals surface area contributed by atoms with Crippen molar-refractivity contribution in [1.82, 2.24) is 9.88 Å². The number of aliphatic imine (C=N–C) groups is 1. The van der Waals surface area contributed by atoms with Crippen LogP contribution >= 0.6 is 15.9 Å². The molecule has 16 heavy (non-hydrogen) atoms. The predicted molar refractivity (Wildman–Crippen MR) is 65.3 cm³/mol. The van der Waals surface area contributed by atoms with Crippen molar-refractivity contribution in [3.63, 3.8) is 0 Å². The number of aromatic nitrogens is 1. The summed E-state index contributed by atoms with van der Waals surface area (Å²) in [6, 6.07) is 3.72. The molecule has 0 spiro atoms. The van der Waals surface area contributed by atoms with Gasteiger partial charge in [-0.15, -0.1) is 0 Å². The Morgan fingerprint density at radius 1 is 1.38 bits per heavy atom. The molecule has 1 aliphatic rings. The van der Waals surface area contributed by atoms with Gasteiger partial charge >= 0.3 is 0 Å². The predicted octanol–water partition coefficient (Wildman–Crippen LogP) is 1.84. The number of likely N-dealkylation sites (N-methyl/N-ethyl adjacent to an activating group) is 1. The number of hydrogen-bond acceptors (Lipinski definition) is 3. The molecule has 4 nitrogen and oxygen atoms in total. The Labute approximate surface area is 103 Å². The standard InChI is InChI=1S/C11H12BrN3O/c1-11(2)10(16)15(3)9(14-11)8-5-4-7(12)6-13-8/h4-6H,1-3H3. The first-order valence-corrected chi connectivity index (χ1v) is 5.71. The fraction of sp³-hybridized carbons (Fsp3) is 0.364. The minimum Gasteiger partial charge on any atom is -0.296 e. The van der Waals surface area contributed by atoms with E-state index in [1.165, 1.54) is 0 Å². The highest BCUT2D eigenvalue weighted by Gasteiger charge is 2.39. The van der Waals surface area contributed by atoms with Crippen molar-refractivity contribution in [2.75, 3.05) is 7.05 Å². The van der Waals surface area contributed by atoms with E-state index in [2.05, 4.69) is 25.9 Å². The van der Waals surface area contributed by atoms with Crippen LogP contribution in [0.1, 0.15) is 19.5 Å². The van der Waals surface area contributed by atoms with Crippen molar-refractivity contribution in [2.45, 2.75) is 19.4 Å². The van der Waals surface area contributed by atoms with Crippen molar-refractivity contribution < 1.29 is 4.79 Å². The molecule has 0 N–H and O–H groups in total. The molecule has 0 bridgehead atoms. The monoisotopic (exact) mass is 281 g/mol. The van der Waals surface area contributed by atoms with E-state index in [0.29, 0.717) is 11.5 Å². The number of nitrogens with zero attached hydrogens (tertiary/aromatic N) is 3. The Balaban J connectivity index is 2.43. The van der Waals surface area contributed by atoms with Crippen molar-refractivity contribution in [3.8, 4) is 0 Å². The second-order valence-electron chi connectivity index (χ2n) is 4.22. The van der Waals surface area contributed by atoms with Gasteiger partial charge in [-0.05, 0) is 41.9 Å². The molecule has 0 saturated heterocycles. The zero-order valence-electron chi connectivity index (χ0n) is 9.36. The van der Waals surface area contributed by atoms with Gasteiger partial charge < -0.3 is 0 Å². The molecule has 0 radical (unpaired) electrons. The van der Waals surface area contributed by atoms with Crippen LogP contribution in [-0.2, 0) is 4.79 Å². The Morgan fingerprint density at radius 3 is 2.50 bits per heavy atom. The van der Waals surface area contributed by atoms with Crippen LogP contribution < -0.4 is 0 Å². The summed E-state index contributed by atoms with van der Waals surface area (Å²) >= 11 is 3.32. The van der Waals surface area contributed by atoms with E-state index in [9.17, 15) is 4.79 Å². The minimum atomic E-state index is -0.682. The first-order valence-electron chi connectivity index (χ1n) is 4.92. The normalized spacial score (nSPS) is 18.9. The van der Waals surface area contributed by atoms with Crippen molar-refractivity contribution in [1.29, 1.82) is 0 Å². The largest absolute Gasteiger partial charge is 0.296 e. The maximum atomic E-state index is 11.9.